The van der Waals surface area contributed by atoms with Gasteiger partial charge in [0.25, 0.3) is 0 Å². The summed E-state index contributed by atoms with van der Waals surface area (Å²) >= 11 is 0. The van der Waals surface area contributed by atoms with E-state index in [2.05, 4.69) is 24.1 Å². The van der Waals surface area contributed by atoms with Crippen LogP contribution in [0.25, 0.3) is 0 Å². The molecule has 0 radical (unpaired) electrons. The molecule has 2 N–H and O–H groups in total. The van der Waals surface area contributed by atoms with Crippen LogP contribution in [0.3, 0.4) is 0 Å². The molecule has 5 heteroatoms. The third-order valence-electron chi connectivity index (χ3n) is 4.54. The van der Waals surface area contributed by atoms with E-state index >= 15 is 0 Å². The minimum atomic E-state index is -0.247. The summed E-state index contributed by atoms with van der Waals surface area (Å²) in [6.07, 6.45) is 5.68. The van der Waals surface area contributed by atoms with Gasteiger partial charge in [-0.2, -0.15) is 0 Å². The lowest BCUT2D eigenvalue weighted by Gasteiger charge is -2.37. The molecule has 1 aliphatic carbocycles. The molecule has 0 saturated heterocycles. The highest BCUT2D eigenvalue weighted by Gasteiger charge is 2.35. The van der Waals surface area contributed by atoms with Gasteiger partial charge in [-0.15, -0.1) is 0 Å². The topological polar surface area (TPSA) is 61.0 Å². The molecule has 2 atom stereocenters. The van der Waals surface area contributed by atoms with Crippen molar-refractivity contribution in [2.45, 2.75) is 52.2 Å². The van der Waals surface area contributed by atoms with Crippen molar-refractivity contribution in [3.05, 3.63) is 24.2 Å². The Balaban J connectivity index is 2.02. The van der Waals surface area contributed by atoms with E-state index in [0.717, 1.165) is 37.5 Å². The monoisotopic (exact) mass is 307 g/mol. The van der Waals surface area contributed by atoms with Crippen LogP contribution in [0.4, 0.5) is 0 Å². The maximum absolute atomic E-state index is 10.3. The molecule has 0 aliphatic heterocycles. The fourth-order valence-corrected chi connectivity index (χ4v) is 3.00. The first-order valence-corrected chi connectivity index (χ1v) is 8.25. The van der Waals surface area contributed by atoms with Crippen LogP contribution in [0.2, 0.25) is 0 Å². The molecule has 22 heavy (non-hydrogen) atoms. The van der Waals surface area contributed by atoms with Crippen molar-refractivity contribution in [1.82, 2.24) is 10.2 Å². The van der Waals surface area contributed by atoms with Crippen LogP contribution < -0.4 is 5.32 Å². The Morgan fingerprint density at radius 3 is 3.00 bits per heavy atom. The molecule has 124 valence electrons. The first-order valence-electron chi connectivity index (χ1n) is 8.25. The molecule has 1 saturated carbocycles. The number of rotatable bonds is 5. The number of aliphatic hydroxyl groups is 1. The molecule has 1 aromatic rings. The van der Waals surface area contributed by atoms with Crippen molar-refractivity contribution in [2.75, 3.05) is 20.1 Å². The lowest BCUT2D eigenvalue weighted by molar-refractivity contribution is 0.00704. The van der Waals surface area contributed by atoms with Crippen LogP contribution in [-0.2, 0) is 6.54 Å². The predicted octanol–water partition coefficient (Wildman–Crippen LogP) is 2.62. The summed E-state index contributed by atoms with van der Waals surface area (Å²) in [4.78, 5) is 6.83. The van der Waals surface area contributed by atoms with Gasteiger partial charge in [-0.05, 0) is 31.9 Å². The zero-order chi connectivity index (χ0) is 16.0. The van der Waals surface area contributed by atoms with Crippen LogP contribution in [0.5, 0.6) is 0 Å². The normalized spacial score (nSPS) is 26.0. The summed E-state index contributed by atoms with van der Waals surface area (Å²) < 4.78 is 5.40. The summed E-state index contributed by atoms with van der Waals surface area (Å²) in [5, 5.41) is 13.6. The molecule has 0 amide bonds. The number of hydrogen-bond acceptors (Lipinski definition) is 3. The molecule has 5 nitrogen and oxygen atoms in total. The molecule has 1 heterocycles. The van der Waals surface area contributed by atoms with E-state index in [0.29, 0.717) is 13.1 Å². The summed E-state index contributed by atoms with van der Waals surface area (Å²) in [5.74, 6) is 1.77. The third-order valence-corrected chi connectivity index (χ3v) is 4.54. The second-order valence-corrected chi connectivity index (χ2v) is 6.52. The molecule has 0 bridgehead atoms. The summed E-state index contributed by atoms with van der Waals surface area (Å²) in [5.41, 5.74) is -0.107. The largest absolute Gasteiger partial charge is 0.467 e. The fourth-order valence-electron chi connectivity index (χ4n) is 3.00. The van der Waals surface area contributed by atoms with Gasteiger partial charge in [0.1, 0.15) is 5.76 Å². The van der Waals surface area contributed by atoms with Crippen molar-refractivity contribution in [3.63, 3.8) is 0 Å². The zero-order valence-corrected chi connectivity index (χ0v) is 14.0. The Hall–Kier alpha value is -1.49. The maximum atomic E-state index is 10.3. The van der Waals surface area contributed by atoms with Crippen molar-refractivity contribution < 1.29 is 9.52 Å². The molecule has 1 fully saturated rings. The number of nitrogens with zero attached hydrogens (tertiary/aromatic N) is 2. The van der Waals surface area contributed by atoms with E-state index in [1.807, 2.05) is 19.2 Å². The molecular formula is C17H29N3O2. The van der Waals surface area contributed by atoms with Gasteiger partial charge in [-0.25, -0.2) is 0 Å². The third kappa shape index (κ3) is 4.26. The molecule has 1 aromatic heterocycles. The Bertz CT molecular complexity index is 472. The minimum absolute atomic E-state index is 0.107. The zero-order valence-electron chi connectivity index (χ0n) is 14.0. The second kappa shape index (κ2) is 7.68. The Morgan fingerprint density at radius 2 is 2.36 bits per heavy atom. The van der Waals surface area contributed by atoms with Crippen molar-refractivity contribution in [1.29, 1.82) is 0 Å². The Morgan fingerprint density at radius 1 is 1.55 bits per heavy atom. The van der Waals surface area contributed by atoms with Gasteiger partial charge < -0.3 is 19.7 Å². The standard InChI is InChI=1S/C17H29N3O2/c1-4-18-16(20(3)12-14-8-7-11-22-14)19-13-17(2)10-6-5-9-15(17)21/h7-8,11,15,21H,4-6,9-10,12-13H2,1-3H3,(H,18,19). The number of nitrogens with one attached hydrogen (secondary N) is 1. The molecule has 1 aliphatic rings. The van der Waals surface area contributed by atoms with Gasteiger partial charge in [0, 0.05) is 19.0 Å². The molecule has 2 unspecified atom stereocenters. The number of guanidine groups is 1. The first kappa shape index (κ1) is 16.9. The number of furan rings is 1. The lowest BCUT2D eigenvalue weighted by atomic mass is 9.73. The highest BCUT2D eigenvalue weighted by atomic mass is 16.3. The van der Waals surface area contributed by atoms with Gasteiger partial charge >= 0.3 is 0 Å². The summed E-state index contributed by atoms with van der Waals surface area (Å²) in [6.45, 7) is 6.36. The Kier molecular flexibility index (Phi) is 5.89. The second-order valence-electron chi connectivity index (χ2n) is 6.52. The average Bonchev–Trinajstić information content (AvgIpc) is 2.99. The van der Waals surface area contributed by atoms with Gasteiger partial charge in [-0.3, -0.25) is 4.99 Å². The van der Waals surface area contributed by atoms with E-state index in [4.69, 9.17) is 9.41 Å². The van der Waals surface area contributed by atoms with E-state index in [1.54, 1.807) is 6.26 Å². The van der Waals surface area contributed by atoms with Gasteiger partial charge in [0.2, 0.25) is 0 Å². The highest BCUT2D eigenvalue weighted by molar-refractivity contribution is 5.79. The first-order chi connectivity index (χ1) is 10.5. The van der Waals surface area contributed by atoms with Crippen LogP contribution in [0.15, 0.2) is 27.8 Å². The smallest absolute Gasteiger partial charge is 0.194 e. The van der Waals surface area contributed by atoms with Crippen LogP contribution in [0.1, 0.15) is 45.3 Å². The van der Waals surface area contributed by atoms with Gasteiger partial charge in [0.15, 0.2) is 5.96 Å². The fraction of sp³-hybridized carbons (Fsp3) is 0.706. The van der Waals surface area contributed by atoms with E-state index in [9.17, 15) is 5.11 Å². The van der Waals surface area contributed by atoms with E-state index in [1.165, 1.54) is 6.42 Å². The maximum Gasteiger partial charge on any atom is 0.194 e. The molecule has 0 aromatic carbocycles. The van der Waals surface area contributed by atoms with Crippen molar-refractivity contribution in [3.8, 4) is 0 Å². The van der Waals surface area contributed by atoms with Crippen molar-refractivity contribution >= 4 is 5.96 Å². The number of aliphatic imine (C=N–C) groups is 1. The quantitative estimate of drug-likeness (QED) is 0.648. The average molecular weight is 307 g/mol. The van der Waals surface area contributed by atoms with E-state index < -0.39 is 0 Å². The van der Waals surface area contributed by atoms with Gasteiger partial charge in [0.05, 0.1) is 25.5 Å². The van der Waals surface area contributed by atoms with Crippen LogP contribution >= 0.6 is 0 Å². The summed E-state index contributed by atoms with van der Waals surface area (Å²) in [6, 6.07) is 3.86. The van der Waals surface area contributed by atoms with Crippen LogP contribution in [0, 0.1) is 5.41 Å². The Labute approximate surface area is 133 Å². The molecule has 0 spiro atoms. The number of hydrogen-bond donors (Lipinski definition) is 2. The predicted molar refractivity (Wildman–Crippen MR) is 88.7 cm³/mol. The van der Waals surface area contributed by atoms with E-state index in [-0.39, 0.29) is 11.5 Å². The SMILES string of the molecule is CCNC(=NCC1(C)CCCCC1O)N(C)Cc1ccco1. The molecule has 2 rings (SSSR count). The van der Waals surface area contributed by atoms with Gasteiger partial charge in [-0.1, -0.05) is 19.8 Å². The minimum Gasteiger partial charge on any atom is -0.467 e. The molecular weight excluding hydrogens is 278 g/mol. The van der Waals surface area contributed by atoms with Crippen LogP contribution in [-0.4, -0.2) is 42.2 Å². The highest BCUT2D eigenvalue weighted by Crippen LogP contribution is 2.36. The number of aliphatic hydroxyl groups excluding tert-OH is 1. The lowest BCUT2D eigenvalue weighted by Crippen LogP contribution is -2.42. The summed E-state index contributed by atoms with van der Waals surface area (Å²) in [7, 11) is 2.00. The van der Waals surface area contributed by atoms with Crippen molar-refractivity contribution in [2.24, 2.45) is 10.4 Å².